The average Bonchev–Trinajstić information content (AvgIpc) is 2.43. The van der Waals surface area contributed by atoms with Crippen molar-refractivity contribution < 1.29 is 9.72 Å². The minimum Gasteiger partial charge on any atom is -0.350 e. The van der Waals surface area contributed by atoms with E-state index in [1.54, 1.807) is 0 Å². The van der Waals surface area contributed by atoms with Gasteiger partial charge in [-0.05, 0) is 19.4 Å². The van der Waals surface area contributed by atoms with Crippen molar-refractivity contribution in [2.45, 2.75) is 52.0 Å². The van der Waals surface area contributed by atoms with Crippen molar-refractivity contribution in [3.63, 3.8) is 0 Å². The molecule has 6 heteroatoms. The van der Waals surface area contributed by atoms with Gasteiger partial charge in [0.25, 0.3) is 11.6 Å². The molecule has 0 bridgehead atoms. The number of unbranched alkanes of at least 4 members (excludes halogenated alkanes) is 3. The lowest BCUT2D eigenvalue weighted by Gasteiger charge is -2.14. The summed E-state index contributed by atoms with van der Waals surface area (Å²) in [6.45, 7) is 4.07. The molecule has 0 radical (unpaired) electrons. The van der Waals surface area contributed by atoms with Gasteiger partial charge in [-0.3, -0.25) is 14.9 Å². The van der Waals surface area contributed by atoms with Crippen molar-refractivity contribution in [1.82, 2.24) is 5.32 Å². The number of halogens is 1. The van der Waals surface area contributed by atoms with Crippen molar-refractivity contribution >= 4 is 23.2 Å². The largest absolute Gasteiger partial charge is 0.350 e. The van der Waals surface area contributed by atoms with Crippen molar-refractivity contribution in [2.24, 2.45) is 0 Å². The maximum Gasteiger partial charge on any atom is 0.270 e. The van der Waals surface area contributed by atoms with Crippen LogP contribution in [0.25, 0.3) is 0 Å². The maximum atomic E-state index is 12.1. The van der Waals surface area contributed by atoms with E-state index in [0.29, 0.717) is 0 Å². The molecule has 5 nitrogen and oxygen atoms in total. The zero-order chi connectivity index (χ0) is 15.8. The van der Waals surface area contributed by atoms with E-state index in [1.165, 1.54) is 31.0 Å². The Hall–Kier alpha value is -1.62. The molecule has 0 aliphatic rings. The summed E-state index contributed by atoms with van der Waals surface area (Å²) in [5, 5.41) is 13.8. The van der Waals surface area contributed by atoms with Crippen LogP contribution in [-0.2, 0) is 0 Å². The lowest BCUT2D eigenvalue weighted by atomic mass is 10.1. The van der Waals surface area contributed by atoms with Crippen LogP contribution in [0, 0.1) is 10.1 Å². The van der Waals surface area contributed by atoms with Crippen LogP contribution in [0.5, 0.6) is 0 Å². The first-order valence-corrected chi connectivity index (χ1v) is 7.58. The number of carbonyl (C=O) groups is 1. The van der Waals surface area contributed by atoms with Gasteiger partial charge in [0.05, 0.1) is 15.5 Å². The number of nitro groups is 1. The molecule has 1 aromatic rings. The molecule has 1 atom stereocenters. The molecule has 0 aromatic heterocycles. The van der Waals surface area contributed by atoms with E-state index in [-0.39, 0.29) is 28.2 Å². The lowest BCUT2D eigenvalue weighted by Crippen LogP contribution is -2.32. The molecule has 0 saturated carbocycles. The highest BCUT2D eigenvalue weighted by Crippen LogP contribution is 2.22. The fourth-order valence-corrected chi connectivity index (χ4v) is 2.26. The number of benzene rings is 1. The number of rotatable bonds is 8. The molecule has 1 unspecified atom stereocenters. The van der Waals surface area contributed by atoms with Gasteiger partial charge in [0, 0.05) is 18.2 Å². The van der Waals surface area contributed by atoms with Crippen LogP contribution in [0.3, 0.4) is 0 Å². The minimum atomic E-state index is -0.540. The van der Waals surface area contributed by atoms with Gasteiger partial charge in [0.2, 0.25) is 0 Å². The standard InChI is InChI=1S/C15H21ClN2O3/c1-3-4-5-6-7-11(2)17-15(19)13-10-12(18(20)21)8-9-14(13)16/h8-11H,3-7H2,1-2H3,(H,17,19). The van der Waals surface area contributed by atoms with E-state index >= 15 is 0 Å². The Morgan fingerprint density at radius 3 is 2.71 bits per heavy atom. The van der Waals surface area contributed by atoms with Crippen molar-refractivity contribution in [3.05, 3.63) is 38.9 Å². The minimum absolute atomic E-state index is 0.0182. The highest BCUT2D eigenvalue weighted by atomic mass is 35.5. The normalized spacial score (nSPS) is 12.0. The van der Waals surface area contributed by atoms with E-state index in [2.05, 4.69) is 12.2 Å². The smallest absolute Gasteiger partial charge is 0.270 e. The number of hydrogen-bond acceptors (Lipinski definition) is 3. The summed E-state index contributed by atoms with van der Waals surface area (Å²) in [6, 6.07) is 3.89. The lowest BCUT2D eigenvalue weighted by molar-refractivity contribution is -0.384. The second-order valence-corrected chi connectivity index (χ2v) is 5.55. The third kappa shape index (κ3) is 5.71. The number of nitrogens with one attached hydrogen (secondary N) is 1. The van der Waals surface area contributed by atoms with E-state index in [9.17, 15) is 14.9 Å². The summed E-state index contributed by atoms with van der Waals surface area (Å²) in [5.41, 5.74) is 0.00595. The summed E-state index contributed by atoms with van der Waals surface area (Å²) in [5.74, 6) is -0.369. The fourth-order valence-electron chi connectivity index (χ4n) is 2.05. The molecular weight excluding hydrogens is 292 g/mol. The Kier molecular flexibility index (Phi) is 7.15. The van der Waals surface area contributed by atoms with Gasteiger partial charge in [0.1, 0.15) is 0 Å². The molecule has 21 heavy (non-hydrogen) atoms. The van der Waals surface area contributed by atoms with E-state index in [1.807, 2.05) is 6.92 Å². The summed E-state index contributed by atoms with van der Waals surface area (Å²) >= 11 is 5.94. The summed E-state index contributed by atoms with van der Waals surface area (Å²) in [7, 11) is 0. The number of hydrogen-bond donors (Lipinski definition) is 1. The molecule has 1 amide bonds. The van der Waals surface area contributed by atoms with Crippen LogP contribution in [0.15, 0.2) is 18.2 Å². The highest BCUT2D eigenvalue weighted by Gasteiger charge is 2.17. The van der Waals surface area contributed by atoms with Crippen LogP contribution in [0.1, 0.15) is 56.3 Å². The second kappa shape index (κ2) is 8.62. The SMILES string of the molecule is CCCCCCC(C)NC(=O)c1cc([N+](=O)[O-])ccc1Cl. The summed E-state index contributed by atoms with van der Waals surface area (Å²) < 4.78 is 0. The zero-order valence-corrected chi connectivity index (χ0v) is 13.2. The Morgan fingerprint density at radius 1 is 1.38 bits per heavy atom. The van der Waals surface area contributed by atoms with Crippen LogP contribution in [0.2, 0.25) is 5.02 Å². The quantitative estimate of drug-likeness (QED) is 0.441. The molecule has 0 saturated heterocycles. The molecule has 0 spiro atoms. The number of amides is 1. The molecular formula is C15H21ClN2O3. The van der Waals surface area contributed by atoms with Crippen molar-refractivity contribution in [1.29, 1.82) is 0 Å². The molecule has 0 aliphatic heterocycles. The van der Waals surface area contributed by atoms with Gasteiger partial charge in [-0.2, -0.15) is 0 Å². The monoisotopic (exact) mass is 312 g/mol. The van der Waals surface area contributed by atoms with Crippen LogP contribution in [0.4, 0.5) is 5.69 Å². The Balaban J connectivity index is 2.62. The summed E-state index contributed by atoms with van der Waals surface area (Å²) in [4.78, 5) is 22.3. The Morgan fingerprint density at radius 2 is 2.10 bits per heavy atom. The van der Waals surface area contributed by atoms with Crippen LogP contribution >= 0.6 is 11.6 Å². The van der Waals surface area contributed by atoms with E-state index in [0.717, 1.165) is 19.3 Å². The van der Waals surface area contributed by atoms with Gasteiger partial charge in [-0.15, -0.1) is 0 Å². The topological polar surface area (TPSA) is 72.2 Å². The third-order valence-electron chi connectivity index (χ3n) is 3.27. The van der Waals surface area contributed by atoms with Crippen LogP contribution in [-0.4, -0.2) is 16.9 Å². The molecule has 0 fully saturated rings. The summed E-state index contributed by atoms with van der Waals surface area (Å²) in [6.07, 6.45) is 5.45. The predicted molar refractivity (Wildman–Crippen MR) is 83.8 cm³/mol. The van der Waals surface area contributed by atoms with Gasteiger partial charge in [-0.25, -0.2) is 0 Å². The molecule has 116 valence electrons. The van der Waals surface area contributed by atoms with Gasteiger partial charge in [-0.1, -0.05) is 44.2 Å². The van der Waals surface area contributed by atoms with E-state index in [4.69, 9.17) is 11.6 Å². The first kappa shape index (κ1) is 17.4. The fraction of sp³-hybridized carbons (Fsp3) is 0.533. The Bertz CT molecular complexity index is 506. The van der Waals surface area contributed by atoms with Crippen LogP contribution < -0.4 is 5.32 Å². The van der Waals surface area contributed by atoms with Crippen molar-refractivity contribution in [2.75, 3.05) is 0 Å². The number of carbonyl (C=O) groups excluding carboxylic acids is 1. The van der Waals surface area contributed by atoms with Crippen molar-refractivity contribution in [3.8, 4) is 0 Å². The van der Waals surface area contributed by atoms with E-state index < -0.39 is 4.92 Å². The first-order chi connectivity index (χ1) is 9.95. The molecule has 1 rings (SSSR count). The van der Waals surface area contributed by atoms with Gasteiger partial charge in [0.15, 0.2) is 0 Å². The Labute approximate surface area is 129 Å². The van der Waals surface area contributed by atoms with Gasteiger partial charge >= 0.3 is 0 Å². The third-order valence-corrected chi connectivity index (χ3v) is 3.60. The maximum absolute atomic E-state index is 12.1. The average molecular weight is 313 g/mol. The molecule has 0 aliphatic carbocycles. The zero-order valence-electron chi connectivity index (χ0n) is 12.4. The number of non-ortho nitro benzene ring substituents is 1. The van der Waals surface area contributed by atoms with Gasteiger partial charge < -0.3 is 5.32 Å². The number of nitro benzene ring substituents is 1. The molecule has 1 aromatic carbocycles. The molecule has 1 N–H and O–H groups in total. The first-order valence-electron chi connectivity index (χ1n) is 7.20. The number of nitrogens with zero attached hydrogens (tertiary/aromatic N) is 1. The second-order valence-electron chi connectivity index (χ2n) is 5.15. The molecule has 0 heterocycles. The predicted octanol–water partition coefficient (Wildman–Crippen LogP) is 4.34. The highest BCUT2D eigenvalue weighted by molar-refractivity contribution is 6.33.